The Labute approximate surface area is 163 Å². The summed E-state index contributed by atoms with van der Waals surface area (Å²) in [6.45, 7) is 7.59. The van der Waals surface area contributed by atoms with E-state index in [1.165, 1.54) is 27.8 Å². The number of hydrogen-bond acceptors (Lipinski definition) is 2. The lowest BCUT2D eigenvalue weighted by molar-refractivity contribution is 0.0734. The highest BCUT2D eigenvalue weighted by atomic mass is 79.9. The molecule has 3 aliphatic carbocycles. The summed E-state index contributed by atoms with van der Waals surface area (Å²) in [6, 6.07) is 8.80. The van der Waals surface area contributed by atoms with E-state index in [9.17, 15) is 0 Å². The number of fused-ring (bicyclic) bond motifs is 2. The van der Waals surface area contributed by atoms with Crippen molar-refractivity contribution in [2.45, 2.75) is 32.9 Å². The highest BCUT2D eigenvalue weighted by Crippen LogP contribution is 2.50. The van der Waals surface area contributed by atoms with E-state index in [-0.39, 0.29) is 0 Å². The number of rotatable bonds is 2. The fraction of sp³-hybridized carbons (Fsp3) is 0.273. The van der Waals surface area contributed by atoms with Gasteiger partial charge in [-0.2, -0.15) is 0 Å². The Morgan fingerprint density at radius 1 is 1.04 bits per heavy atom. The van der Waals surface area contributed by atoms with Crippen LogP contribution in [-0.4, -0.2) is 14.9 Å². The summed E-state index contributed by atoms with van der Waals surface area (Å²) in [7, 11) is -1.78. The predicted molar refractivity (Wildman–Crippen MR) is 111 cm³/mol. The Morgan fingerprint density at radius 3 is 2.65 bits per heavy atom. The average Bonchev–Trinajstić information content (AvgIpc) is 3.31. The van der Waals surface area contributed by atoms with Gasteiger partial charge < -0.3 is 9.47 Å². The van der Waals surface area contributed by atoms with E-state index < -0.39 is 8.07 Å². The van der Waals surface area contributed by atoms with Gasteiger partial charge in [-0.3, -0.25) is 0 Å². The maximum absolute atomic E-state index is 5.74. The van der Waals surface area contributed by atoms with E-state index in [1.807, 2.05) is 0 Å². The molecule has 0 saturated heterocycles. The third-order valence-corrected chi connectivity index (χ3v) is 10.7. The highest BCUT2D eigenvalue weighted by Gasteiger charge is 2.41. The number of benzene rings is 1. The van der Waals surface area contributed by atoms with E-state index >= 15 is 0 Å². The fourth-order valence-electron chi connectivity index (χ4n) is 4.75. The first-order valence-electron chi connectivity index (χ1n) is 9.07. The molecule has 0 spiro atoms. The lowest BCUT2D eigenvalue weighted by Gasteiger charge is -2.30. The van der Waals surface area contributed by atoms with E-state index in [0.29, 0.717) is 6.79 Å². The second-order valence-electron chi connectivity index (χ2n) is 7.91. The van der Waals surface area contributed by atoms with Crippen molar-refractivity contribution < 1.29 is 9.47 Å². The predicted octanol–water partition coefficient (Wildman–Crippen LogP) is 5.94. The molecule has 0 radical (unpaired) electrons. The first-order chi connectivity index (χ1) is 12.5. The van der Waals surface area contributed by atoms with Crippen molar-refractivity contribution in [3.05, 3.63) is 84.6 Å². The van der Waals surface area contributed by atoms with Crippen LogP contribution >= 0.6 is 15.9 Å². The molecule has 1 aromatic rings. The molecule has 0 bridgehead atoms. The van der Waals surface area contributed by atoms with Crippen molar-refractivity contribution in [3.8, 4) is 0 Å². The number of ether oxygens (including phenoxy) is 2. The van der Waals surface area contributed by atoms with Crippen molar-refractivity contribution in [2.75, 3.05) is 6.79 Å². The number of halogens is 1. The Kier molecular flexibility index (Phi) is 3.53. The molecule has 26 heavy (non-hydrogen) atoms. The van der Waals surface area contributed by atoms with Crippen LogP contribution in [-0.2, 0) is 15.9 Å². The molecule has 4 heteroatoms. The second kappa shape index (κ2) is 5.60. The van der Waals surface area contributed by atoms with Crippen LogP contribution in [0.25, 0.3) is 6.08 Å². The quantitative estimate of drug-likeness (QED) is 0.546. The van der Waals surface area contributed by atoms with Gasteiger partial charge >= 0.3 is 0 Å². The van der Waals surface area contributed by atoms with Crippen LogP contribution < -0.4 is 0 Å². The second-order valence-corrected chi connectivity index (χ2v) is 13.1. The van der Waals surface area contributed by atoms with E-state index in [0.717, 1.165) is 28.8 Å². The van der Waals surface area contributed by atoms with Crippen LogP contribution in [0.5, 0.6) is 0 Å². The van der Waals surface area contributed by atoms with Gasteiger partial charge in [0.2, 0.25) is 6.79 Å². The van der Waals surface area contributed by atoms with Crippen LogP contribution in [0, 0.1) is 0 Å². The molecular weight excluding hydrogens is 404 g/mol. The molecule has 0 atom stereocenters. The smallest absolute Gasteiger partial charge is 0.230 e. The molecule has 0 N–H and O–H groups in total. The Morgan fingerprint density at radius 2 is 1.85 bits per heavy atom. The Hall–Kier alpha value is -1.78. The summed E-state index contributed by atoms with van der Waals surface area (Å²) in [5.41, 5.74) is 6.99. The molecule has 1 aliphatic heterocycles. The zero-order valence-electron chi connectivity index (χ0n) is 15.3. The minimum absolute atomic E-state index is 0.333. The van der Waals surface area contributed by atoms with Crippen LogP contribution in [0.15, 0.2) is 73.5 Å². The van der Waals surface area contributed by atoms with Gasteiger partial charge in [0.1, 0.15) is 13.8 Å². The molecule has 0 fully saturated rings. The standard InChI is InChI=1S/C22H21BrO2Si/c1-13-8-17-18(11-19-21(20(17)23)25-12-24-19)22(13)26(2,3)16-9-14-6-4-5-7-15(14)10-16/h4-9H,10-12H2,1-3H3. The molecule has 1 aromatic carbocycles. The molecule has 0 saturated carbocycles. The van der Waals surface area contributed by atoms with E-state index in [1.54, 1.807) is 10.4 Å². The molecule has 132 valence electrons. The summed E-state index contributed by atoms with van der Waals surface area (Å²) in [4.78, 5) is 0. The van der Waals surface area contributed by atoms with Gasteiger partial charge in [-0.05, 0) is 56.7 Å². The van der Waals surface area contributed by atoms with Crippen molar-refractivity contribution in [3.63, 3.8) is 0 Å². The molecule has 5 rings (SSSR count). The van der Waals surface area contributed by atoms with Crippen molar-refractivity contribution in [1.82, 2.24) is 0 Å². The van der Waals surface area contributed by atoms with Crippen molar-refractivity contribution in [2.24, 2.45) is 0 Å². The molecule has 0 aromatic heterocycles. The maximum atomic E-state index is 5.74. The summed E-state index contributed by atoms with van der Waals surface area (Å²) < 4.78 is 12.5. The molecular formula is C22H21BrO2Si. The van der Waals surface area contributed by atoms with Crippen molar-refractivity contribution >= 4 is 30.1 Å². The summed E-state index contributed by atoms with van der Waals surface area (Å²) in [5, 5.41) is 3.19. The minimum Gasteiger partial charge on any atom is -0.458 e. The zero-order chi connectivity index (χ0) is 18.1. The summed E-state index contributed by atoms with van der Waals surface area (Å²) in [6.07, 6.45) is 6.71. The third kappa shape index (κ3) is 2.21. The highest BCUT2D eigenvalue weighted by molar-refractivity contribution is 9.12. The van der Waals surface area contributed by atoms with Crippen LogP contribution in [0.4, 0.5) is 0 Å². The van der Waals surface area contributed by atoms with Crippen LogP contribution in [0.1, 0.15) is 24.5 Å². The largest absolute Gasteiger partial charge is 0.458 e. The Bertz CT molecular complexity index is 1000. The summed E-state index contributed by atoms with van der Waals surface area (Å²) in [5.74, 6) is 1.87. The minimum atomic E-state index is -1.78. The monoisotopic (exact) mass is 424 g/mol. The Balaban J connectivity index is 1.61. The van der Waals surface area contributed by atoms with Crippen molar-refractivity contribution in [1.29, 1.82) is 0 Å². The zero-order valence-corrected chi connectivity index (χ0v) is 17.9. The molecule has 1 heterocycles. The van der Waals surface area contributed by atoms with E-state index in [2.05, 4.69) is 72.4 Å². The van der Waals surface area contributed by atoms with Gasteiger partial charge in [-0.15, -0.1) is 0 Å². The van der Waals surface area contributed by atoms with Gasteiger partial charge in [0.15, 0.2) is 5.76 Å². The van der Waals surface area contributed by atoms with Gasteiger partial charge in [-0.1, -0.05) is 60.3 Å². The van der Waals surface area contributed by atoms with Crippen LogP contribution in [0.2, 0.25) is 13.1 Å². The lowest BCUT2D eigenvalue weighted by atomic mass is 9.99. The number of allylic oxidation sites excluding steroid dienone is 7. The van der Waals surface area contributed by atoms with Gasteiger partial charge in [0.05, 0.1) is 4.48 Å². The normalized spacial score (nSPS) is 21.2. The topological polar surface area (TPSA) is 18.5 Å². The van der Waals surface area contributed by atoms with Crippen LogP contribution in [0.3, 0.4) is 0 Å². The molecule has 0 amide bonds. The lowest BCUT2D eigenvalue weighted by Crippen LogP contribution is -2.34. The molecule has 4 aliphatic rings. The van der Waals surface area contributed by atoms with Gasteiger partial charge in [0, 0.05) is 6.42 Å². The first-order valence-corrected chi connectivity index (χ1v) is 12.9. The van der Waals surface area contributed by atoms with Gasteiger partial charge in [0.25, 0.3) is 0 Å². The third-order valence-electron chi connectivity index (χ3n) is 6.04. The fourth-order valence-corrected chi connectivity index (χ4v) is 8.94. The SMILES string of the molecule is CC1=CC2=C(Br)C3=C(CC2=C1[Si](C)(C)C1=Cc2ccccc2C1)OCO3. The maximum Gasteiger partial charge on any atom is 0.230 e. The first kappa shape index (κ1) is 16.4. The molecule has 0 unspecified atom stereocenters. The van der Waals surface area contributed by atoms with Gasteiger partial charge in [-0.25, -0.2) is 0 Å². The van der Waals surface area contributed by atoms with E-state index in [4.69, 9.17) is 9.47 Å². The average molecular weight is 425 g/mol. The number of hydrogen-bond donors (Lipinski definition) is 0. The molecule has 2 nitrogen and oxygen atoms in total. The summed E-state index contributed by atoms with van der Waals surface area (Å²) >= 11 is 3.77.